The summed E-state index contributed by atoms with van der Waals surface area (Å²) in [7, 11) is -3.90. The SMILES string of the molecule is CS(=O)(=O)c1c(C(=O)O)oc2cccc(F)c12. The fourth-order valence-electron chi connectivity index (χ4n) is 1.57. The van der Waals surface area contributed by atoms with E-state index in [1.54, 1.807) is 0 Å². The third kappa shape index (κ3) is 1.78. The maximum atomic E-state index is 13.5. The number of fused-ring (bicyclic) bond motifs is 1. The molecule has 0 amide bonds. The highest BCUT2D eigenvalue weighted by Gasteiger charge is 2.28. The Hall–Kier alpha value is -1.89. The van der Waals surface area contributed by atoms with Gasteiger partial charge >= 0.3 is 5.97 Å². The van der Waals surface area contributed by atoms with Gasteiger partial charge in [-0.15, -0.1) is 0 Å². The van der Waals surface area contributed by atoms with Crippen LogP contribution in [0.5, 0.6) is 0 Å². The van der Waals surface area contributed by atoms with E-state index >= 15 is 0 Å². The lowest BCUT2D eigenvalue weighted by Crippen LogP contribution is -2.05. The van der Waals surface area contributed by atoms with Crippen LogP contribution in [0.15, 0.2) is 27.5 Å². The van der Waals surface area contributed by atoms with E-state index in [4.69, 9.17) is 9.52 Å². The van der Waals surface area contributed by atoms with Crippen LogP contribution in [0.25, 0.3) is 11.0 Å². The van der Waals surface area contributed by atoms with Crippen molar-refractivity contribution >= 4 is 26.8 Å². The maximum Gasteiger partial charge on any atom is 0.373 e. The van der Waals surface area contributed by atoms with Crippen LogP contribution in [0.4, 0.5) is 4.39 Å². The molecule has 0 aliphatic carbocycles. The third-order valence-corrected chi connectivity index (χ3v) is 3.32. The molecule has 7 heteroatoms. The van der Waals surface area contributed by atoms with Crippen molar-refractivity contribution in [3.63, 3.8) is 0 Å². The molecule has 1 aromatic heterocycles. The first-order chi connectivity index (χ1) is 7.82. The van der Waals surface area contributed by atoms with Crippen molar-refractivity contribution in [2.24, 2.45) is 0 Å². The molecule has 0 unspecified atom stereocenters. The summed E-state index contributed by atoms with van der Waals surface area (Å²) in [5, 5.41) is 8.51. The Labute approximate surface area is 95.4 Å². The Morgan fingerprint density at radius 2 is 2.06 bits per heavy atom. The summed E-state index contributed by atoms with van der Waals surface area (Å²) >= 11 is 0. The smallest absolute Gasteiger partial charge is 0.373 e. The van der Waals surface area contributed by atoms with Crippen molar-refractivity contribution in [3.8, 4) is 0 Å². The van der Waals surface area contributed by atoms with Crippen LogP contribution in [0.3, 0.4) is 0 Å². The molecule has 0 aliphatic heterocycles. The molecule has 0 aliphatic rings. The molecule has 0 atom stereocenters. The highest BCUT2D eigenvalue weighted by molar-refractivity contribution is 7.91. The molecule has 0 saturated carbocycles. The van der Waals surface area contributed by atoms with Gasteiger partial charge in [0.25, 0.3) is 0 Å². The van der Waals surface area contributed by atoms with Gasteiger partial charge in [0, 0.05) is 6.26 Å². The van der Waals surface area contributed by atoms with Crippen molar-refractivity contribution in [2.45, 2.75) is 4.90 Å². The minimum Gasteiger partial charge on any atom is -0.475 e. The first-order valence-corrected chi connectivity index (χ1v) is 6.36. The third-order valence-electron chi connectivity index (χ3n) is 2.19. The number of hydrogen-bond acceptors (Lipinski definition) is 4. The van der Waals surface area contributed by atoms with Gasteiger partial charge < -0.3 is 9.52 Å². The van der Waals surface area contributed by atoms with Crippen LogP contribution in [0.1, 0.15) is 10.6 Å². The van der Waals surface area contributed by atoms with Crippen molar-refractivity contribution < 1.29 is 27.1 Å². The molecule has 17 heavy (non-hydrogen) atoms. The molecule has 2 rings (SSSR count). The fraction of sp³-hybridized carbons (Fsp3) is 0.100. The monoisotopic (exact) mass is 258 g/mol. The number of halogens is 1. The minimum atomic E-state index is -3.90. The number of furan rings is 1. The number of hydrogen-bond donors (Lipinski definition) is 1. The van der Waals surface area contributed by atoms with Crippen LogP contribution >= 0.6 is 0 Å². The summed E-state index contributed by atoms with van der Waals surface area (Å²) in [5.74, 6) is -3.16. The van der Waals surface area contributed by atoms with Crippen LogP contribution in [-0.4, -0.2) is 25.7 Å². The molecule has 0 spiro atoms. The van der Waals surface area contributed by atoms with Gasteiger partial charge in [0.1, 0.15) is 16.3 Å². The zero-order chi connectivity index (χ0) is 12.8. The predicted molar refractivity (Wildman–Crippen MR) is 56.2 cm³/mol. The molecule has 0 bridgehead atoms. The maximum absolute atomic E-state index is 13.5. The number of aromatic carboxylic acids is 1. The topological polar surface area (TPSA) is 84.6 Å². The van der Waals surface area contributed by atoms with Crippen LogP contribution in [0, 0.1) is 5.82 Å². The Morgan fingerprint density at radius 1 is 1.41 bits per heavy atom. The van der Waals surface area contributed by atoms with Gasteiger partial charge in [-0.3, -0.25) is 0 Å². The normalized spacial score (nSPS) is 11.9. The lowest BCUT2D eigenvalue weighted by atomic mass is 10.2. The molecule has 90 valence electrons. The quantitative estimate of drug-likeness (QED) is 0.885. The Balaban J connectivity index is 3.04. The van der Waals surface area contributed by atoms with Crippen molar-refractivity contribution in [2.75, 3.05) is 6.26 Å². The summed E-state index contributed by atoms with van der Waals surface area (Å²) < 4.78 is 41.4. The molecule has 5 nitrogen and oxygen atoms in total. The second-order valence-corrected chi connectivity index (χ2v) is 5.40. The average molecular weight is 258 g/mol. The lowest BCUT2D eigenvalue weighted by molar-refractivity contribution is 0.0659. The number of benzene rings is 1. The van der Waals surface area contributed by atoms with Gasteiger partial charge in [0.2, 0.25) is 5.76 Å². The second kappa shape index (κ2) is 3.56. The Morgan fingerprint density at radius 3 is 2.59 bits per heavy atom. The molecule has 0 saturated heterocycles. The predicted octanol–water partition coefficient (Wildman–Crippen LogP) is 1.67. The molecular formula is C10H7FO5S. The van der Waals surface area contributed by atoms with Gasteiger partial charge in [-0.1, -0.05) is 6.07 Å². The highest BCUT2D eigenvalue weighted by atomic mass is 32.2. The van der Waals surface area contributed by atoms with Gasteiger partial charge in [-0.25, -0.2) is 17.6 Å². The number of carboxylic acids is 1. The van der Waals surface area contributed by atoms with Crippen LogP contribution in [0.2, 0.25) is 0 Å². The number of carboxylic acid groups (broad SMARTS) is 1. The molecular weight excluding hydrogens is 251 g/mol. The van der Waals surface area contributed by atoms with E-state index in [2.05, 4.69) is 0 Å². The first-order valence-electron chi connectivity index (χ1n) is 4.46. The Kier molecular flexibility index (Phi) is 2.43. The molecule has 1 heterocycles. The number of carbonyl (C=O) groups is 1. The van der Waals surface area contributed by atoms with E-state index in [1.807, 2.05) is 0 Å². The zero-order valence-corrected chi connectivity index (χ0v) is 9.41. The number of sulfone groups is 1. The zero-order valence-electron chi connectivity index (χ0n) is 8.60. The van der Waals surface area contributed by atoms with Crippen LogP contribution < -0.4 is 0 Å². The van der Waals surface area contributed by atoms with E-state index in [0.29, 0.717) is 0 Å². The summed E-state index contributed by atoms with van der Waals surface area (Å²) in [5.41, 5.74) is -0.108. The van der Waals surface area contributed by atoms with Gasteiger partial charge in [-0.2, -0.15) is 0 Å². The van der Waals surface area contributed by atoms with Gasteiger partial charge in [-0.05, 0) is 12.1 Å². The lowest BCUT2D eigenvalue weighted by Gasteiger charge is -1.96. The van der Waals surface area contributed by atoms with E-state index in [1.165, 1.54) is 12.1 Å². The summed E-state index contributed by atoms with van der Waals surface area (Å²) in [6.07, 6.45) is 0.802. The summed E-state index contributed by atoms with van der Waals surface area (Å²) in [6, 6.07) is 3.65. The Bertz CT molecular complexity index is 714. The average Bonchev–Trinajstić information content (AvgIpc) is 2.57. The highest BCUT2D eigenvalue weighted by Crippen LogP contribution is 2.31. The summed E-state index contributed by atoms with van der Waals surface area (Å²) in [4.78, 5) is 10.2. The van der Waals surface area contributed by atoms with Crippen LogP contribution in [-0.2, 0) is 9.84 Å². The van der Waals surface area contributed by atoms with E-state index < -0.39 is 32.3 Å². The molecule has 0 fully saturated rings. The van der Waals surface area contributed by atoms with Crippen molar-refractivity contribution in [3.05, 3.63) is 29.8 Å². The molecule has 0 radical (unpaired) electrons. The fourth-order valence-corrected chi connectivity index (χ4v) is 2.61. The standard InChI is InChI=1S/C10H7FO5S/c1-17(14,15)9-7-5(11)3-2-4-6(7)16-8(9)10(12)13/h2-4H,1H3,(H,12,13). The van der Waals surface area contributed by atoms with E-state index in [0.717, 1.165) is 12.3 Å². The van der Waals surface area contributed by atoms with Crippen molar-refractivity contribution in [1.82, 2.24) is 0 Å². The molecule has 1 aromatic carbocycles. The van der Waals surface area contributed by atoms with Gasteiger partial charge in [0.05, 0.1) is 5.39 Å². The van der Waals surface area contributed by atoms with Gasteiger partial charge in [0.15, 0.2) is 9.84 Å². The molecule has 2 aromatic rings. The van der Waals surface area contributed by atoms with E-state index in [-0.39, 0.29) is 11.0 Å². The largest absolute Gasteiger partial charge is 0.475 e. The number of rotatable bonds is 2. The van der Waals surface area contributed by atoms with E-state index in [9.17, 15) is 17.6 Å². The first kappa shape index (κ1) is 11.6. The summed E-state index contributed by atoms with van der Waals surface area (Å²) in [6.45, 7) is 0. The minimum absolute atomic E-state index is 0.108. The second-order valence-electron chi connectivity index (χ2n) is 3.45. The molecule has 1 N–H and O–H groups in total. The van der Waals surface area contributed by atoms with Crippen molar-refractivity contribution in [1.29, 1.82) is 0 Å².